The molecule has 1 aromatic rings. The van der Waals surface area contributed by atoms with Crippen molar-refractivity contribution in [2.75, 3.05) is 20.2 Å². The summed E-state index contributed by atoms with van der Waals surface area (Å²) in [4.78, 5) is 2.20. The fourth-order valence-electron chi connectivity index (χ4n) is 1.35. The topological polar surface area (TPSA) is 32.7 Å². The number of phenols is 1. The predicted molar refractivity (Wildman–Crippen MR) is 61.3 cm³/mol. The summed E-state index contributed by atoms with van der Waals surface area (Å²) in [6.45, 7) is 6.47. The summed E-state index contributed by atoms with van der Waals surface area (Å²) in [5.41, 5.74) is 1.15. The Morgan fingerprint density at radius 3 is 2.67 bits per heavy atom. The van der Waals surface area contributed by atoms with Crippen molar-refractivity contribution >= 4 is 0 Å². The number of hydrogen-bond donors (Lipinski definition) is 1. The van der Waals surface area contributed by atoms with Crippen LogP contribution in [0.25, 0.3) is 0 Å². The molecule has 0 aliphatic carbocycles. The Labute approximate surface area is 91.3 Å². The lowest BCUT2D eigenvalue weighted by Gasteiger charge is -2.15. The Balaban J connectivity index is 2.77. The van der Waals surface area contributed by atoms with Crippen LogP contribution in [0.2, 0.25) is 0 Å². The van der Waals surface area contributed by atoms with Crippen LogP contribution in [0.1, 0.15) is 19.4 Å². The average molecular weight is 209 g/mol. The van der Waals surface area contributed by atoms with Gasteiger partial charge in [0.05, 0.1) is 6.61 Å². The van der Waals surface area contributed by atoms with Crippen molar-refractivity contribution in [2.45, 2.75) is 20.4 Å². The summed E-state index contributed by atoms with van der Waals surface area (Å²) < 4.78 is 5.32. The van der Waals surface area contributed by atoms with Crippen LogP contribution in [0.3, 0.4) is 0 Å². The number of aromatic hydroxyl groups is 1. The molecular formula is C12H19NO2. The first-order chi connectivity index (χ1) is 7.17. The molecule has 0 radical (unpaired) electrons. The van der Waals surface area contributed by atoms with Gasteiger partial charge in [0.2, 0.25) is 0 Å². The van der Waals surface area contributed by atoms with Crippen molar-refractivity contribution in [3.05, 3.63) is 23.8 Å². The van der Waals surface area contributed by atoms with Crippen molar-refractivity contribution < 1.29 is 9.84 Å². The number of phenolic OH excluding ortho intramolecular Hbond substituents is 1. The first-order valence-corrected chi connectivity index (χ1v) is 5.30. The zero-order valence-electron chi connectivity index (χ0n) is 9.66. The van der Waals surface area contributed by atoms with E-state index in [2.05, 4.69) is 18.9 Å². The zero-order chi connectivity index (χ0) is 11.3. The van der Waals surface area contributed by atoms with Crippen LogP contribution >= 0.6 is 0 Å². The van der Waals surface area contributed by atoms with E-state index in [-0.39, 0.29) is 5.75 Å². The Morgan fingerprint density at radius 1 is 1.33 bits per heavy atom. The number of hydrogen-bond acceptors (Lipinski definition) is 3. The maximum atomic E-state index is 9.52. The van der Waals surface area contributed by atoms with Crippen molar-refractivity contribution in [1.29, 1.82) is 0 Å². The molecule has 3 heteroatoms. The third-order valence-electron chi connectivity index (χ3n) is 2.32. The van der Waals surface area contributed by atoms with Crippen molar-refractivity contribution in [3.8, 4) is 11.5 Å². The fraction of sp³-hybridized carbons (Fsp3) is 0.500. The second-order valence-electron chi connectivity index (χ2n) is 3.57. The molecule has 15 heavy (non-hydrogen) atoms. The van der Waals surface area contributed by atoms with Gasteiger partial charge in [0, 0.05) is 6.54 Å². The molecule has 0 amide bonds. The molecule has 84 valence electrons. The first-order valence-electron chi connectivity index (χ1n) is 5.30. The predicted octanol–water partition coefficient (Wildman–Crippen LogP) is 2.24. The number of ether oxygens (including phenoxy) is 1. The minimum Gasteiger partial charge on any atom is -0.504 e. The second-order valence-corrected chi connectivity index (χ2v) is 3.57. The first kappa shape index (κ1) is 11.9. The van der Waals surface area contributed by atoms with Gasteiger partial charge in [-0.2, -0.15) is 0 Å². The summed E-state index contributed by atoms with van der Waals surface area (Å²) >= 11 is 0. The van der Waals surface area contributed by atoms with Gasteiger partial charge in [0.25, 0.3) is 0 Å². The Bertz CT molecular complexity index is 312. The van der Waals surface area contributed by atoms with E-state index >= 15 is 0 Å². The van der Waals surface area contributed by atoms with Gasteiger partial charge in [-0.3, -0.25) is 0 Å². The molecule has 0 atom stereocenters. The van der Waals surface area contributed by atoms with Gasteiger partial charge in [-0.15, -0.1) is 0 Å². The highest BCUT2D eigenvalue weighted by Gasteiger charge is 2.04. The van der Waals surface area contributed by atoms with Crippen molar-refractivity contribution in [3.63, 3.8) is 0 Å². The minimum atomic E-state index is 0.208. The van der Waals surface area contributed by atoms with Gasteiger partial charge in [-0.25, -0.2) is 0 Å². The highest BCUT2D eigenvalue weighted by Crippen LogP contribution is 2.27. The molecule has 0 saturated heterocycles. The molecule has 0 aliphatic heterocycles. The molecule has 0 bridgehead atoms. The molecule has 1 aromatic carbocycles. The maximum absolute atomic E-state index is 9.52. The molecule has 0 fully saturated rings. The van der Waals surface area contributed by atoms with E-state index in [0.29, 0.717) is 12.4 Å². The molecule has 0 spiro atoms. The number of benzene rings is 1. The van der Waals surface area contributed by atoms with Crippen LogP contribution in [0.5, 0.6) is 11.5 Å². The summed E-state index contributed by atoms with van der Waals surface area (Å²) in [5.74, 6) is 0.777. The molecule has 0 aromatic heterocycles. The van der Waals surface area contributed by atoms with Crippen LogP contribution in [0.15, 0.2) is 18.2 Å². The van der Waals surface area contributed by atoms with Gasteiger partial charge < -0.3 is 14.7 Å². The Kier molecular flexibility index (Phi) is 4.43. The third-order valence-corrected chi connectivity index (χ3v) is 2.32. The third kappa shape index (κ3) is 3.44. The van der Waals surface area contributed by atoms with E-state index in [9.17, 15) is 5.11 Å². The average Bonchev–Trinajstić information content (AvgIpc) is 2.23. The number of rotatable bonds is 5. The lowest BCUT2D eigenvalue weighted by Crippen LogP contribution is -2.16. The molecule has 0 heterocycles. The maximum Gasteiger partial charge on any atom is 0.161 e. The largest absolute Gasteiger partial charge is 0.504 e. The van der Waals surface area contributed by atoms with Crippen LogP contribution in [-0.2, 0) is 6.54 Å². The van der Waals surface area contributed by atoms with Gasteiger partial charge in [0.1, 0.15) is 0 Å². The van der Waals surface area contributed by atoms with E-state index in [1.807, 2.05) is 19.1 Å². The van der Waals surface area contributed by atoms with Crippen LogP contribution in [0.4, 0.5) is 0 Å². The molecule has 1 rings (SSSR count). The van der Waals surface area contributed by atoms with Gasteiger partial charge in [0.15, 0.2) is 11.5 Å². The molecule has 0 saturated carbocycles. The highest BCUT2D eigenvalue weighted by molar-refractivity contribution is 5.41. The summed E-state index contributed by atoms with van der Waals surface area (Å²) in [6.07, 6.45) is 0. The summed E-state index contributed by atoms with van der Waals surface area (Å²) in [6, 6.07) is 5.50. The lowest BCUT2D eigenvalue weighted by atomic mass is 10.2. The fourth-order valence-corrected chi connectivity index (χ4v) is 1.35. The van der Waals surface area contributed by atoms with Gasteiger partial charge in [-0.1, -0.05) is 13.0 Å². The minimum absolute atomic E-state index is 0.208. The normalized spacial score (nSPS) is 10.7. The SMILES string of the molecule is CCOc1cc(CN(C)CC)ccc1O. The Morgan fingerprint density at radius 2 is 2.07 bits per heavy atom. The quantitative estimate of drug-likeness (QED) is 0.807. The van der Waals surface area contributed by atoms with E-state index < -0.39 is 0 Å². The van der Waals surface area contributed by atoms with E-state index in [1.54, 1.807) is 6.07 Å². The van der Waals surface area contributed by atoms with E-state index in [4.69, 9.17) is 4.74 Å². The van der Waals surface area contributed by atoms with Crippen LogP contribution in [-0.4, -0.2) is 30.2 Å². The van der Waals surface area contributed by atoms with E-state index in [1.165, 1.54) is 0 Å². The summed E-state index contributed by atoms with van der Waals surface area (Å²) in [7, 11) is 2.06. The van der Waals surface area contributed by atoms with Crippen molar-refractivity contribution in [2.24, 2.45) is 0 Å². The van der Waals surface area contributed by atoms with Crippen LogP contribution < -0.4 is 4.74 Å². The smallest absolute Gasteiger partial charge is 0.161 e. The molecule has 0 unspecified atom stereocenters. The van der Waals surface area contributed by atoms with E-state index in [0.717, 1.165) is 18.7 Å². The number of nitrogens with zero attached hydrogens (tertiary/aromatic N) is 1. The van der Waals surface area contributed by atoms with Crippen LogP contribution in [0, 0.1) is 0 Å². The monoisotopic (exact) mass is 209 g/mol. The molecular weight excluding hydrogens is 190 g/mol. The highest BCUT2D eigenvalue weighted by atomic mass is 16.5. The van der Waals surface area contributed by atoms with Crippen molar-refractivity contribution in [1.82, 2.24) is 4.90 Å². The lowest BCUT2D eigenvalue weighted by molar-refractivity contribution is 0.314. The molecule has 1 N–H and O–H groups in total. The van der Waals surface area contributed by atoms with Gasteiger partial charge in [-0.05, 0) is 38.2 Å². The molecule has 3 nitrogen and oxygen atoms in total. The van der Waals surface area contributed by atoms with Gasteiger partial charge >= 0.3 is 0 Å². The second kappa shape index (κ2) is 5.61. The standard InChI is InChI=1S/C12H19NO2/c1-4-13(3)9-10-6-7-11(14)12(8-10)15-5-2/h6-8,14H,4-5,9H2,1-3H3. The molecule has 0 aliphatic rings. The Hall–Kier alpha value is -1.22. The zero-order valence-corrected chi connectivity index (χ0v) is 9.66. The summed E-state index contributed by atoms with van der Waals surface area (Å²) in [5, 5.41) is 9.52.